The van der Waals surface area contributed by atoms with Gasteiger partial charge in [0.15, 0.2) is 5.78 Å². The third-order valence-corrected chi connectivity index (χ3v) is 5.69. The monoisotopic (exact) mass is 614 g/mol. The fourth-order valence-corrected chi connectivity index (χ4v) is 3.94. The molecule has 0 saturated heterocycles. The van der Waals surface area contributed by atoms with Gasteiger partial charge in [0.25, 0.3) is 0 Å². The highest BCUT2D eigenvalue weighted by molar-refractivity contribution is 6.30. The first-order valence-electron chi connectivity index (χ1n) is 11.2. The quantitative estimate of drug-likeness (QED) is 0.188. The van der Waals surface area contributed by atoms with Crippen LogP contribution in [0.25, 0.3) is 5.83 Å². The summed E-state index contributed by atoms with van der Waals surface area (Å²) in [6, 6.07) is 7.62. The number of carbonyl (C=O) groups is 1. The van der Waals surface area contributed by atoms with Crippen molar-refractivity contribution in [1.82, 2.24) is 4.98 Å². The Morgan fingerprint density at radius 1 is 1.00 bits per heavy atom. The Morgan fingerprint density at radius 3 is 2.24 bits per heavy atom. The molecule has 3 aromatic rings. The van der Waals surface area contributed by atoms with Gasteiger partial charge < -0.3 is 9.64 Å². The van der Waals surface area contributed by atoms with Gasteiger partial charge >= 0.3 is 18.7 Å². The Balaban J connectivity index is 2.01. The molecule has 0 saturated carbocycles. The third kappa shape index (κ3) is 8.59. The zero-order chi connectivity index (χ0) is 30.8. The summed E-state index contributed by atoms with van der Waals surface area (Å²) < 4.78 is 139. The number of benzene rings is 2. The van der Waals surface area contributed by atoms with Crippen molar-refractivity contribution in [1.29, 1.82) is 0 Å². The second-order valence-electron chi connectivity index (χ2n) is 8.53. The van der Waals surface area contributed by atoms with Crippen LogP contribution in [-0.4, -0.2) is 36.9 Å². The number of hydrogen-bond acceptors (Lipinski definition) is 4. The fourth-order valence-electron chi connectivity index (χ4n) is 3.71. The van der Waals surface area contributed by atoms with Crippen molar-refractivity contribution >= 4 is 29.0 Å². The molecule has 0 fully saturated rings. The van der Waals surface area contributed by atoms with E-state index in [1.165, 1.54) is 24.2 Å². The summed E-state index contributed by atoms with van der Waals surface area (Å²) in [5.41, 5.74) is -4.41. The van der Waals surface area contributed by atoms with Crippen molar-refractivity contribution in [3.05, 3.63) is 94.1 Å². The molecular weight excluding hydrogens is 598 g/mol. The molecule has 220 valence electrons. The number of halogens is 11. The molecule has 15 heteroatoms. The number of hydrogen-bond donors (Lipinski definition) is 0. The maximum absolute atomic E-state index is 15.1. The molecule has 1 heterocycles. The number of rotatable bonds is 8. The Labute approximate surface area is 230 Å². The van der Waals surface area contributed by atoms with E-state index in [0.29, 0.717) is 30.3 Å². The van der Waals surface area contributed by atoms with E-state index in [2.05, 4.69) is 9.72 Å². The molecule has 1 aromatic heterocycles. The number of anilines is 1. The summed E-state index contributed by atoms with van der Waals surface area (Å²) in [7, 11) is 1.39. The standard InChI is InChI=1S/C26H17ClF10N2O2/c1-39(23-4-2-3-7-38-23)13-22(40)18-6-5-14(10-20(18)25(32,33)34)21(28)12-19(24(29,30)31)15-8-16(27)11-17(9-15)41-26(35,36)37/h2-12,19H,13H2,1H3/b21-12-. The highest BCUT2D eigenvalue weighted by atomic mass is 35.5. The molecule has 3 rings (SSSR count). The van der Waals surface area contributed by atoms with Gasteiger partial charge in [-0.15, -0.1) is 13.2 Å². The van der Waals surface area contributed by atoms with Gasteiger partial charge in [-0.2, -0.15) is 26.3 Å². The first-order chi connectivity index (χ1) is 18.8. The predicted molar refractivity (Wildman–Crippen MR) is 129 cm³/mol. The van der Waals surface area contributed by atoms with Crippen LogP contribution in [-0.2, 0) is 6.18 Å². The zero-order valence-corrected chi connectivity index (χ0v) is 21.3. The Bertz CT molecular complexity index is 1420. The van der Waals surface area contributed by atoms with Crippen molar-refractivity contribution < 1.29 is 53.4 Å². The number of carbonyl (C=O) groups excluding carboxylic acids is 1. The lowest BCUT2D eigenvalue weighted by Gasteiger charge is -2.20. The lowest BCUT2D eigenvalue weighted by molar-refractivity contribution is -0.274. The van der Waals surface area contributed by atoms with Crippen LogP contribution in [0, 0.1) is 0 Å². The summed E-state index contributed by atoms with van der Waals surface area (Å²) in [6.07, 6.45) is -14.5. The highest BCUT2D eigenvalue weighted by Crippen LogP contribution is 2.42. The van der Waals surface area contributed by atoms with Crippen LogP contribution in [0.1, 0.15) is 33.0 Å². The Morgan fingerprint density at radius 2 is 1.68 bits per heavy atom. The SMILES string of the molecule is CN(CC(=O)c1ccc(/C(F)=C/C(c2cc(Cl)cc(OC(F)(F)F)c2)C(F)(F)F)cc1C(F)(F)F)c1ccccn1. The summed E-state index contributed by atoms with van der Waals surface area (Å²) in [5.74, 6) is -6.62. The fraction of sp³-hybridized carbons (Fsp3) is 0.231. The van der Waals surface area contributed by atoms with Crippen LogP contribution in [0.5, 0.6) is 5.75 Å². The summed E-state index contributed by atoms with van der Waals surface area (Å²) in [6.45, 7) is -0.564. The van der Waals surface area contributed by atoms with Gasteiger partial charge in [0.2, 0.25) is 0 Å². The molecule has 2 aromatic carbocycles. The average Bonchev–Trinajstić information content (AvgIpc) is 2.84. The third-order valence-electron chi connectivity index (χ3n) is 5.47. The number of alkyl halides is 9. The summed E-state index contributed by atoms with van der Waals surface area (Å²) in [5, 5.41) is -0.609. The van der Waals surface area contributed by atoms with E-state index in [1.807, 2.05) is 0 Å². The van der Waals surface area contributed by atoms with Crippen molar-refractivity contribution in [3.63, 3.8) is 0 Å². The van der Waals surface area contributed by atoms with Gasteiger partial charge in [-0.3, -0.25) is 4.79 Å². The van der Waals surface area contributed by atoms with E-state index in [9.17, 15) is 44.3 Å². The van der Waals surface area contributed by atoms with E-state index in [4.69, 9.17) is 11.6 Å². The highest BCUT2D eigenvalue weighted by Gasteiger charge is 2.41. The van der Waals surface area contributed by atoms with E-state index in [1.54, 1.807) is 12.1 Å². The number of allylic oxidation sites excluding steroid dienone is 1. The van der Waals surface area contributed by atoms with E-state index in [-0.39, 0.29) is 18.0 Å². The first kappa shape index (κ1) is 31.7. The molecule has 1 unspecified atom stereocenters. The lowest BCUT2D eigenvalue weighted by atomic mass is 9.94. The summed E-state index contributed by atoms with van der Waals surface area (Å²) in [4.78, 5) is 17.9. The number of pyridine rings is 1. The second kappa shape index (κ2) is 12.0. The number of ether oxygens (including phenoxy) is 1. The van der Waals surface area contributed by atoms with Crippen LogP contribution < -0.4 is 9.64 Å². The van der Waals surface area contributed by atoms with Gasteiger partial charge in [0.05, 0.1) is 12.1 Å². The van der Waals surface area contributed by atoms with Crippen LogP contribution in [0.15, 0.2) is 66.9 Å². The maximum atomic E-state index is 15.1. The molecule has 0 radical (unpaired) electrons. The van der Waals surface area contributed by atoms with Crippen molar-refractivity contribution in [2.24, 2.45) is 0 Å². The lowest BCUT2D eigenvalue weighted by Crippen LogP contribution is -2.28. The molecule has 0 spiro atoms. The van der Waals surface area contributed by atoms with E-state index in [0.717, 1.165) is 0 Å². The minimum absolute atomic E-state index is 0.116. The molecule has 0 aliphatic heterocycles. The van der Waals surface area contributed by atoms with Gasteiger partial charge in [-0.1, -0.05) is 29.8 Å². The van der Waals surface area contributed by atoms with Gasteiger partial charge in [0, 0.05) is 29.4 Å². The normalized spacial score (nSPS) is 13.6. The van der Waals surface area contributed by atoms with Crippen molar-refractivity contribution in [3.8, 4) is 5.75 Å². The Kier molecular flexibility index (Phi) is 9.26. The van der Waals surface area contributed by atoms with Gasteiger partial charge in [0.1, 0.15) is 23.3 Å². The second-order valence-corrected chi connectivity index (χ2v) is 8.96. The largest absolute Gasteiger partial charge is 0.573 e. The topological polar surface area (TPSA) is 42.4 Å². The number of likely N-dealkylation sites (N-methyl/N-ethyl adjacent to an activating group) is 1. The minimum atomic E-state index is -5.31. The summed E-state index contributed by atoms with van der Waals surface area (Å²) >= 11 is 5.63. The molecule has 0 amide bonds. The predicted octanol–water partition coefficient (Wildman–Crippen LogP) is 8.63. The molecule has 0 aliphatic rings. The van der Waals surface area contributed by atoms with Gasteiger partial charge in [-0.25, -0.2) is 9.37 Å². The van der Waals surface area contributed by atoms with Crippen molar-refractivity contribution in [2.45, 2.75) is 24.6 Å². The smallest absolute Gasteiger partial charge is 0.406 e. The van der Waals surface area contributed by atoms with Crippen LogP contribution in [0.2, 0.25) is 5.02 Å². The zero-order valence-electron chi connectivity index (χ0n) is 20.5. The molecule has 0 aliphatic carbocycles. The van der Waals surface area contributed by atoms with Crippen LogP contribution >= 0.6 is 11.6 Å². The molecule has 4 nitrogen and oxygen atoms in total. The number of nitrogens with zero attached hydrogens (tertiary/aromatic N) is 2. The maximum Gasteiger partial charge on any atom is 0.573 e. The van der Waals surface area contributed by atoms with Crippen LogP contribution in [0.3, 0.4) is 0 Å². The number of aromatic nitrogens is 1. The first-order valence-corrected chi connectivity index (χ1v) is 11.6. The Hall–Kier alpha value is -3.81. The number of ketones is 1. The molecule has 0 bridgehead atoms. The van der Waals surface area contributed by atoms with Gasteiger partial charge in [-0.05, 0) is 48.0 Å². The average molecular weight is 615 g/mol. The van der Waals surface area contributed by atoms with E-state index >= 15 is 4.39 Å². The van der Waals surface area contributed by atoms with Crippen LogP contribution in [0.4, 0.5) is 49.7 Å². The van der Waals surface area contributed by atoms with E-state index < -0.39 is 75.8 Å². The number of Topliss-reactive ketones (excluding diaryl/α,β-unsaturated/α-hetero) is 1. The molecule has 1 atom stereocenters. The molecule has 0 N–H and O–H groups in total. The molecular formula is C26H17ClF10N2O2. The minimum Gasteiger partial charge on any atom is -0.406 e. The molecule has 41 heavy (non-hydrogen) atoms. The van der Waals surface area contributed by atoms with Crippen molar-refractivity contribution in [2.75, 3.05) is 18.5 Å².